The predicted molar refractivity (Wildman–Crippen MR) is 96.7 cm³/mol. The number of sulfonamides is 1. The van der Waals surface area contributed by atoms with Crippen molar-refractivity contribution in [3.8, 4) is 5.75 Å². The fourth-order valence-corrected chi connectivity index (χ4v) is 3.77. The molecule has 130 valence electrons. The molecule has 0 saturated heterocycles. The lowest BCUT2D eigenvalue weighted by molar-refractivity contribution is 0.414. The third kappa shape index (κ3) is 4.82. The van der Waals surface area contributed by atoms with Gasteiger partial charge in [0.25, 0.3) is 0 Å². The standard InChI is InChI=1S/C19H25NO3S/c1-14(2)13-19(16-7-9-17(23-4)10-8-16)20-24(21,22)18-11-5-15(3)6-12-18/h5-12,14,19-20H,13H2,1-4H3/t19-/m0/s1. The summed E-state index contributed by atoms with van der Waals surface area (Å²) in [7, 11) is -1.96. The van der Waals surface area contributed by atoms with Crippen LogP contribution in [0.3, 0.4) is 0 Å². The number of rotatable bonds is 7. The SMILES string of the molecule is COc1ccc([C@H](CC(C)C)NS(=O)(=O)c2ccc(C)cc2)cc1. The Balaban J connectivity index is 2.28. The Morgan fingerprint density at radius 3 is 2.08 bits per heavy atom. The van der Waals surface area contributed by atoms with Crippen LogP contribution in [0, 0.1) is 12.8 Å². The lowest BCUT2D eigenvalue weighted by atomic mass is 9.98. The molecule has 0 saturated carbocycles. The second-order valence-electron chi connectivity index (χ2n) is 6.39. The Hall–Kier alpha value is -1.85. The van der Waals surface area contributed by atoms with E-state index in [9.17, 15) is 8.42 Å². The number of aryl methyl sites for hydroxylation is 1. The van der Waals surface area contributed by atoms with E-state index in [4.69, 9.17) is 4.74 Å². The molecule has 0 amide bonds. The van der Waals surface area contributed by atoms with Crippen molar-refractivity contribution in [2.24, 2.45) is 5.92 Å². The molecule has 1 N–H and O–H groups in total. The molecule has 0 fully saturated rings. The molecule has 24 heavy (non-hydrogen) atoms. The van der Waals surface area contributed by atoms with Crippen LogP contribution in [0.15, 0.2) is 53.4 Å². The summed E-state index contributed by atoms with van der Waals surface area (Å²) in [6, 6.07) is 14.1. The third-order valence-electron chi connectivity index (χ3n) is 3.85. The van der Waals surface area contributed by atoms with Gasteiger partial charge in [-0.1, -0.05) is 43.7 Å². The summed E-state index contributed by atoms with van der Waals surface area (Å²) in [5.41, 5.74) is 1.96. The van der Waals surface area contributed by atoms with Crippen molar-refractivity contribution < 1.29 is 13.2 Å². The largest absolute Gasteiger partial charge is 0.497 e. The fourth-order valence-electron chi connectivity index (χ4n) is 2.53. The monoisotopic (exact) mass is 347 g/mol. The molecule has 0 aliphatic carbocycles. The van der Waals surface area contributed by atoms with Crippen LogP contribution >= 0.6 is 0 Å². The van der Waals surface area contributed by atoms with Gasteiger partial charge in [0.15, 0.2) is 0 Å². The molecule has 0 spiro atoms. The van der Waals surface area contributed by atoms with Crippen LogP contribution in [0.5, 0.6) is 5.75 Å². The van der Waals surface area contributed by atoms with Crippen molar-refractivity contribution >= 4 is 10.0 Å². The first-order valence-corrected chi connectivity index (χ1v) is 9.53. The number of hydrogen-bond acceptors (Lipinski definition) is 3. The van der Waals surface area contributed by atoms with E-state index in [1.807, 2.05) is 31.2 Å². The lowest BCUT2D eigenvalue weighted by Gasteiger charge is -2.21. The van der Waals surface area contributed by atoms with Crippen LogP contribution in [0.4, 0.5) is 0 Å². The Labute approximate surface area is 144 Å². The molecule has 0 aliphatic heterocycles. The zero-order valence-corrected chi connectivity index (χ0v) is 15.4. The van der Waals surface area contributed by atoms with Gasteiger partial charge in [0, 0.05) is 6.04 Å². The molecular weight excluding hydrogens is 322 g/mol. The van der Waals surface area contributed by atoms with Crippen molar-refractivity contribution in [3.05, 3.63) is 59.7 Å². The van der Waals surface area contributed by atoms with Crippen LogP contribution in [0.2, 0.25) is 0 Å². The summed E-state index contributed by atoms with van der Waals surface area (Å²) in [6.07, 6.45) is 0.720. The van der Waals surface area contributed by atoms with E-state index in [0.29, 0.717) is 5.92 Å². The van der Waals surface area contributed by atoms with E-state index >= 15 is 0 Å². The molecular formula is C19H25NO3S. The number of methoxy groups -OCH3 is 1. The highest BCUT2D eigenvalue weighted by atomic mass is 32.2. The minimum absolute atomic E-state index is 0.276. The van der Waals surface area contributed by atoms with Crippen LogP contribution in [0.25, 0.3) is 0 Å². The molecule has 0 bridgehead atoms. The zero-order chi connectivity index (χ0) is 17.7. The van der Waals surface area contributed by atoms with Crippen LogP contribution in [-0.2, 0) is 10.0 Å². The summed E-state index contributed by atoms with van der Waals surface area (Å²) < 4.78 is 33.4. The molecule has 0 aliphatic rings. The average molecular weight is 347 g/mol. The fraction of sp³-hybridized carbons (Fsp3) is 0.368. The van der Waals surface area contributed by atoms with Gasteiger partial charge in [0.1, 0.15) is 5.75 Å². The van der Waals surface area contributed by atoms with Gasteiger partial charge >= 0.3 is 0 Å². The van der Waals surface area contributed by atoms with E-state index in [2.05, 4.69) is 18.6 Å². The molecule has 2 aromatic carbocycles. The van der Waals surface area contributed by atoms with Crippen LogP contribution < -0.4 is 9.46 Å². The number of benzene rings is 2. The second-order valence-corrected chi connectivity index (χ2v) is 8.10. The van der Waals surface area contributed by atoms with Crippen molar-refractivity contribution in [3.63, 3.8) is 0 Å². The van der Waals surface area contributed by atoms with Crippen molar-refractivity contribution in [1.82, 2.24) is 4.72 Å². The van der Waals surface area contributed by atoms with Crippen LogP contribution in [0.1, 0.15) is 37.4 Å². The lowest BCUT2D eigenvalue weighted by Crippen LogP contribution is -2.29. The summed E-state index contributed by atoms with van der Waals surface area (Å²) in [6.45, 7) is 6.09. The third-order valence-corrected chi connectivity index (χ3v) is 5.34. The first-order valence-electron chi connectivity index (χ1n) is 8.05. The number of nitrogens with one attached hydrogen (secondary N) is 1. The minimum atomic E-state index is -3.57. The highest BCUT2D eigenvalue weighted by Crippen LogP contribution is 2.25. The van der Waals surface area contributed by atoms with E-state index in [-0.39, 0.29) is 10.9 Å². The van der Waals surface area contributed by atoms with Gasteiger partial charge in [-0.25, -0.2) is 13.1 Å². The van der Waals surface area contributed by atoms with Gasteiger partial charge < -0.3 is 4.74 Å². The molecule has 1 atom stereocenters. The van der Waals surface area contributed by atoms with Crippen LogP contribution in [-0.4, -0.2) is 15.5 Å². The topological polar surface area (TPSA) is 55.4 Å². The minimum Gasteiger partial charge on any atom is -0.497 e. The van der Waals surface area contributed by atoms with Crippen molar-refractivity contribution in [2.45, 2.75) is 38.1 Å². The number of ether oxygens (including phenoxy) is 1. The van der Waals surface area contributed by atoms with E-state index in [1.54, 1.807) is 31.4 Å². The summed E-state index contributed by atoms with van der Waals surface area (Å²) in [4.78, 5) is 0.287. The van der Waals surface area contributed by atoms with E-state index < -0.39 is 10.0 Å². The Morgan fingerprint density at radius 1 is 1.00 bits per heavy atom. The van der Waals surface area contributed by atoms with Gasteiger partial charge in [0.05, 0.1) is 12.0 Å². The Bertz CT molecular complexity index is 750. The molecule has 5 heteroatoms. The second kappa shape index (κ2) is 7.81. The summed E-state index contributed by atoms with van der Waals surface area (Å²) in [5, 5.41) is 0. The highest BCUT2D eigenvalue weighted by Gasteiger charge is 2.22. The van der Waals surface area contributed by atoms with Gasteiger partial charge in [-0.15, -0.1) is 0 Å². The zero-order valence-electron chi connectivity index (χ0n) is 14.6. The molecule has 0 radical (unpaired) electrons. The first kappa shape index (κ1) is 18.5. The van der Waals surface area contributed by atoms with Gasteiger partial charge in [0.2, 0.25) is 10.0 Å². The maximum atomic E-state index is 12.7. The van der Waals surface area contributed by atoms with E-state index in [0.717, 1.165) is 23.3 Å². The molecule has 4 nitrogen and oxygen atoms in total. The maximum Gasteiger partial charge on any atom is 0.241 e. The Morgan fingerprint density at radius 2 is 1.58 bits per heavy atom. The van der Waals surface area contributed by atoms with Gasteiger partial charge in [-0.05, 0) is 49.1 Å². The van der Waals surface area contributed by atoms with Crippen molar-refractivity contribution in [1.29, 1.82) is 0 Å². The normalized spacial score (nSPS) is 13.0. The predicted octanol–water partition coefficient (Wildman–Crippen LogP) is 4.07. The molecule has 0 unspecified atom stereocenters. The summed E-state index contributed by atoms with van der Waals surface area (Å²) in [5.74, 6) is 1.11. The molecule has 2 rings (SSSR count). The quantitative estimate of drug-likeness (QED) is 0.821. The smallest absolute Gasteiger partial charge is 0.241 e. The number of hydrogen-bond donors (Lipinski definition) is 1. The molecule has 0 aromatic heterocycles. The Kier molecular flexibility index (Phi) is 6.02. The average Bonchev–Trinajstić information content (AvgIpc) is 2.54. The van der Waals surface area contributed by atoms with E-state index in [1.165, 1.54) is 0 Å². The first-order chi connectivity index (χ1) is 11.3. The summed E-state index contributed by atoms with van der Waals surface area (Å²) >= 11 is 0. The van der Waals surface area contributed by atoms with Gasteiger partial charge in [-0.3, -0.25) is 0 Å². The molecule has 2 aromatic rings. The van der Waals surface area contributed by atoms with Gasteiger partial charge in [-0.2, -0.15) is 0 Å². The highest BCUT2D eigenvalue weighted by molar-refractivity contribution is 7.89. The molecule has 0 heterocycles. The maximum absolute atomic E-state index is 12.7. The van der Waals surface area contributed by atoms with Crippen molar-refractivity contribution in [2.75, 3.05) is 7.11 Å².